The summed E-state index contributed by atoms with van der Waals surface area (Å²) in [4.78, 5) is 25.6. The molecule has 0 radical (unpaired) electrons. The number of hydrogen-bond acceptors (Lipinski definition) is 3. The topological polar surface area (TPSA) is 75.4 Å². The van der Waals surface area contributed by atoms with Crippen LogP contribution < -0.4 is 0 Å². The Labute approximate surface area is 151 Å². The maximum atomic E-state index is 13.2. The third kappa shape index (κ3) is 3.34. The molecule has 1 aromatic heterocycles. The maximum absolute atomic E-state index is 13.2. The van der Waals surface area contributed by atoms with Crippen molar-refractivity contribution >= 4 is 11.9 Å². The largest absolute Gasteiger partial charge is 0.480 e. The Balaban J connectivity index is 2.02. The number of rotatable bonds is 6. The molecule has 1 amide bonds. The van der Waals surface area contributed by atoms with Gasteiger partial charge in [0.2, 0.25) is 0 Å². The highest BCUT2D eigenvalue weighted by Crippen LogP contribution is 2.29. The van der Waals surface area contributed by atoms with E-state index in [1.807, 2.05) is 13.8 Å². The quantitative estimate of drug-likeness (QED) is 0.861. The van der Waals surface area contributed by atoms with Gasteiger partial charge in [0, 0.05) is 17.3 Å². The van der Waals surface area contributed by atoms with Gasteiger partial charge in [0.1, 0.15) is 12.4 Å². The first-order chi connectivity index (χ1) is 12.4. The van der Waals surface area contributed by atoms with Crippen molar-refractivity contribution in [1.29, 1.82) is 0 Å². The molecule has 1 N–H and O–H groups in total. The molecule has 0 bridgehead atoms. The molecule has 6 nitrogen and oxygen atoms in total. The number of fused-ring (bicyclic) bond motifs is 1. The predicted molar refractivity (Wildman–Crippen MR) is 94.0 cm³/mol. The second kappa shape index (κ2) is 7.27. The van der Waals surface area contributed by atoms with E-state index in [9.17, 15) is 19.1 Å². The summed E-state index contributed by atoms with van der Waals surface area (Å²) in [7, 11) is 0. The number of carboxylic acids is 1. The van der Waals surface area contributed by atoms with Gasteiger partial charge < -0.3 is 10.0 Å². The molecule has 0 spiro atoms. The van der Waals surface area contributed by atoms with Crippen molar-refractivity contribution in [3.8, 4) is 5.69 Å². The molecular formula is C19H22FN3O3. The maximum Gasteiger partial charge on any atom is 0.323 e. The molecule has 1 atom stereocenters. The smallest absolute Gasteiger partial charge is 0.323 e. The number of halogens is 1. The van der Waals surface area contributed by atoms with Crippen LogP contribution in [0.1, 0.15) is 48.4 Å². The molecule has 0 saturated heterocycles. The first kappa shape index (κ1) is 18.1. The number of hydrogen-bond donors (Lipinski definition) is 1. The first-order valence-electron chi connectivity index (χ1n) is 8.81. The highest BCUT2D eigenvalue weighted by Gasteiger charge is 2.31. The van der Waals surface area contributed by atoms with Gasteiger partial charge >= 0.3 is 5.97 Å². The number of aliphatic carboxylic acids is 1. The van der Waals surface area contributed by atoms with Gasteiger partial charge in [-0.15, -0.1) is 0 Å². The van der Waals surface area contributed by atoms with Crippen LogP contribution in [0.5, 0.6) is 0 Å². The Morgan fingerprint density at radius 1 is 1.31 bits per heavy atom. The zero-order chi connectivity index (χ0) is 18.8. The second-order valence-electron chi connectivity index (χ2n) is 6.60. The minimum atomic E-state index is -1.05. The summed E-state index contributed by atoms with van der Waals surface area (Å²) in [6.45, 7) is 3.39. The first-order valence-corrected chi connectivity index (χ1v) is 8.81. The number of carbonyl (C=O) groups is 2. The third-order valence-corrected chi connectivity index (χ3v) is 4.89. The lowest BCUT2D eigenvalue weighted by atomic mass is 10.1. The van der Waals surface area contributed by atoms with Gasteiger partial charge in [0.15, 0.2) is 5.69 Å². The van der Waals surface area contributed by atoms with Crippen LogP contribution >= 0.6 is 0 Å². The van der Waals surface area contributed by atoms with Crippen LogP contribution in [0.25, 0.3) is 5.69 Å². The number of amides is 1. The van der Waals surface area contributed by atoms with E-state index in [1.54, 1.807) is 16.8 Å². The van der Waals surface area contributed by atoms with Crippen LogP contribution in [0.3, 0.4) is 0 Å². The molecular weight excluding hydrogens is 337 g/mol. The highest BCUT2D eigenvalue weighted by atomic mass is 19.1. The van der Waals surface area contributed by atoms with E-state index < -0.39 is 5.97 Å². The van der Waals surface area contributed by atoms with Crippen molar-refractivity contribution in [2.45, 2.75) is 45.6 Å². The van der Waals surface area contributed by atoms with Crippen molar-refractivity contribution in [3.63, 3.8) is 0 Å². The molecule has 3 rings (SSSR count). The molecule has 138 valence electrons. The fraction of sp³-hybridized carbons (Fsp3) is 0.421. The van der Waals surface area contributed by atoms with E-state index in [0.717, 1.165) is 30.5 Å². The molecule has 1 unspecified atom stereocenters. The molecule has 0 aliphatic heterocycles. The Bertz CT molecular complexity index is 829. The standard InChI is InChI=1S/C19H22FN3O3/c1-3-12(2)22(11-17(24)25)19(26)18-15-5-4-6-16(15)23(21-18)14-9-7-13(20)8-10-14/h7-10,12H,3-6,11H2,1-2H3,(H,24,25). The molecule has 1 aromatic carbocycles. The number of carbonyl (C=O) groups excluding carboxylic acids is 1. The van der Waals surface area contributed by atoms with Crippen LogP contribution in [0.4, 0.5) is 4.39 Å². The summed E-state index contributed by atoms with van der Waals surface area (Å²) in [5.74, 6) is -1.74. The fourth-order valence-corrected chi connectivity index (χ4v) is 3.33. The molecule has 0 fully saturated rings. The van der Waals surface area contributed by atoms with Crippen molar-refractivity contribution in [2.24, 2.45) is 0 Å². The molecule has 26 heavy (non-hydrogen) atoms. The number of benzene rings is 1. The van der Waals surface area contributed by atoms with Gasteiger partial charge in [-0.25, -0.2) is 9.07 Å². The summed E-state index contributed by atoms with van der Waals surface area (Å²) >= 11 is 0. The van der Waals surface area contributed by atoms with Crippen LogP contribution in [-0.2, 0) is 17.6 Å². The lowest BCUT2D eigenvalue weighted by Gasteiger charge is -2.26. The average molecular weight is 359 g/mol. The highest BCUT2D eigenvalue weighted by molar-refractivity contribution is 5.96. The fourth-order valence-electron chi connectivity index (χ4n) is 3.33. The SMILES string of the molecule is CCC(C)N(CC(=O)O)C(=O)c1nn(-c2ccc(F)cc2)c2c1CCC2. The lowest BCUT2D eigenvalue weighted by molar-refractivity contribution is -0.138. The van der Waals surface area contributed by atoms with Gasteiger partial charge in [0.25, 0.3) is 5.91 Å². The van der Waals surface area contributed by atoms with Crippen LogP contribution in [0.2, 0.25) is 0 Å². The molecule has 0 saturated carbocycles. The lowest BCUT2D eigenvalue weighted by Crippen LogP contribution is -2.42. The van der Waals surface area contributed by atoms with Crippen molar-refractivity contribution in [2.75, 3.05) is 6.54 Å². The summed E-state index contributed by atoms with van der Waals surface area (Å²) < 4.78 is 14.9. The van der Waals surface area contributed by atoms with Gasteiger partial charge in [0.05, 0.1) is 5.69 Å². The monoisotopic (exact) mass is 359 g/mol. The zero-order valence-electron chi connectivity index (χ0n) is 14.9. The summed E-state index contributed by atoms with van der Waals surface area (Å²) in [6, 6.07) is 5.76. The van der Waals surface area contributed by atoms with Crippen molar-refractivity contribution < 1.29 is 19.1 Å². The van der Waals surface area contributed by atoms with E-state index in [1.165, 1.54) is 17.0 Å². The molecule has 2 aromatic rings. The molecule has 1 aliphatic rings. The van der Waals surface area contributed by atoms with Crippen molar-refractivity contribution in [3.05, 3.63) is 47.0 Å². The molecule has 7 heteroatoms. The zero-order valence-corrected chi connectivity index (χ0v) is 14.9. The number of nitrogens with zero attached hydrogens (tertiary/aromatic N) is 3. The average Bonchev–Trinajstić information content (AvgIpc) is 3.21. The molecule has 1 heterocycles. The Morgan fingerprint density at radius 3 is 2.62 bits per heavy atom. The Kier molecular flexibility index (Phi) is 5.06. The van der Waals surface area contributed by atoms with Gasteiger partial charge in [-0.3, -0.25) is 9.59 Å². The summed E-state index contributed by atoms with van der Waals surface area (Å²) in [5, 5.41) is 13.7. The van der Waals surface area contributed by atoms with E-state index in [4.69, 9.17) is 0 Å². The van der Waals surface area contributed by atoms with E-state index in [0.29, 0.717) is 17.8 Å². The normalized spacial score (nSPS) is 14.1. The summed E-state index contributed by atoms with van der Waals surface area (Å²) in [5.41, 5.74) is 2.82. The third-order valence-electron chi connectivity index (χ3n) is 4.89. The molecule has 1 aliphatic carbocycles. The van der Waals surface area contributed by atoms with E-state index in [-0.39, 0.29) is 24.3 Å². The van der Waals surface area contributed by atoms with Gasteiger partial charge in [-0.1, -0.05) is 6.92 Å². The van der Waals surface area contributed by atoms with Crippen molar-refractivity contribution in [1.82, 2.24) is 14.7 Å². The Morgan fingerprint density at radius 2 is 2.00 bits per heavy atom. The second-order valence-corrected chi connectivity index (χ2v) is 6.60. The van der Waals surface area contributed by atoms with Crippen LogP contribution in [-0.4, -0.2) is 44.3 Å². The van der Waals surface area contributed by atoms with E-state index in [2.05, 4.69) is 5.10 Å². The number of aromatic nitrogens is 2. The van der Waals surface area contributed by atoms with Crippen LogP contribution in [0, 0.1) is 5.82 Å². The minimum Gasteiger partial charge on any atom is -0.480 e. The summed E-state index contributed by atoms with van der Waals surface area (Å²) in [6.07, 6.45) is 3.09. The predicted octanol–water partition coefficient (Wildman–Crippen LogP) is 2.83. The van der Waals surface area contributed by atoms with Crippen LogP contribution in [0.15, 0.2) is 24.3 Å². The Hall–Kier alpha value is -2.70. The van der Waals surface area contributed by atoms with E-state index >= 15 is 0 Å². The van der Waals surface area contributed by atoms with Gasteiger partial charge in [-0.2, -0.15) is 5.10 Å². The number of carboxylic acid groups (broad SMARTS) is 1. The van der Waals surface area contributed by atoms with Gasteiger partial charge in [-0.05, 0) is 56.9 Å². The minimum absolute atomic E-state index is 0.202.